The minimum atomic E-state index is 0. The molecule has 4 aromatic rings. The van der Waals surface area contributed by atoms with Crippen LogP contribution in [0.15, 0.2) is 102 Å². The predicted molar refractivity (Wildman–Crippen MR) is 206 cm³/mol. The smallest absolute Gasteiger partial charge is 1.00 e. The van der Waals surface area contributed by atoms with E-state index in [0.29, 0.717) is 0 Å². The van der Waals surface area contributed by atoms with Gasteiger partial charge in [0.1, 0.15) is 0 Å². The van der Waals surface area contributed by atoms with Crippen LogP contribution < -0.4 is 102 Å². The largest absolute Gasteiger partial charge is 3.00 e. The Morgan fingerprint density at radius 3 is 0.680 bits per heavy atom. The first-order valence-electron chi connectivity index (χ1n) is 12.9. The van der Waals surface area contributed by atoms with Crippen LogP contribution in [0.1, 0.15) is 33.4 Å². The van der Waals surface area contributed by atoms with Gasteiger partial charge in [-0.15, -0.1) is 70.6 Å². The maximum Gasteiger partial charge on any atom is 3.00 e. The number of rotatable bonds is 6. The third-order valence-electron chi connectivity index (χ3n) is 6.14. The zero-order valence-electron chi connectivity index (χ0n) is 27.5. The van der Waals surface area contributed by atoms with Gasteiger partial charge in [-0.05, 0) is 110 Å². The van der Waals surface area contributed by atoms with Crippen LogP contribution in [0, 0.1) is 35.5 Å². The number of hydrogen-bond donors (Lipinski definition) is 0. The molecule has 0 aliphatic heterocycles. The second-order valence-electron chi connectivity index (χ2n) is 8.76. The van der Waals surface area contributed by atoms with Gasteiger partial charge < -0.3 is 102 Å². The van der Waals surface area contributed by atoms with Crippen LogP contribution in [0.4, 0.5) is 0 Å². The van der Waals surface area contributed by atoms with Crippen molar-refractivity contribution in [3.05, 3.63) is 106 Å². The standard InChI is InChI=1S/C36H30S6.2Bi.6BrH/c1-37-31-16-13-25(22-34(31)40-4)7-10-28-19-29(11-8-26-14-17-32(38-2)35(23-26)41-5)21-30(20-28)12-9-27-15-18-33(39-3)36(24-27)42-6;;;;;;;;/h13-24H,1-6H3;;;6*1H/q;2*+3;;;;;;/p-6. The van der Waals surface area contributed by atoms with Crippen LogP contribution in [0.2, 0.25) is 0 Å². The quantitative estimate of drug-likeness (QED) is 0.106. The van der Waals surface area contributed by atoms with E-state index < -0.39 is 0 Å². The van der Waals surface area contributed by atoms with Gasteiger partial charge in [-0.1, -0.05) is 35.5 Å². The summed E-state index contributed by atoms with van der Waals surface area (Å²) in [4.78, 5) is 7.55. The van der Waals surface area contributed by atoms with Gasteiger partial charge in [0.25, 0.3) is 0 Å². The third kappa shape index (κ3) is 19.0. The summed E-state index contributed by atoms with van der Waals surface area (Å²) in [7, 11) is 0. The van der Waals surface area contributed by atoms with E-state index in [1.807, 2.05) is 0 Å². The topological polar surface area (TPSA) is 0 Å². The summed E-state index contributed by atoms with van der Waals surface area (Å²) < 4.78 is 0. The van der Waals surface area contributed by atoms with E-state index in [0.717, 1.165) is 33.4 Å². The molecular formula is C36H30Bi2Br6S6. The van der Waals surface area contributed by atoms with E-state index in [9.17, 15) is 0 Å². The first kappa shape index (κ1) is 61.5. The van der Waals surface area contributed by atoms with E-state index in [2.05, 4.69) is 146 Å². The average molecular weight is 1550 g/mol. The molecule has 0 bridgehead atoms. The van der Waals surface area contributed by atoms with Crippen LogP contribution in [0.3, 0.4) is 0 Å². The van der Waals surface area contributed by atoms with Crippen LogP contribution in [0.25, 0.3) is 0 Å². The maximum absolute atomic E-state index is 3.38. The molecule has 262 valence electrons. The SMILES string of the molecule is CSc1ccc(C#Cc2cc(C#Cc3ccc(SC)c(SC)c3)cc(C#Cc3ccc(SC)c(SC)c3)c2)cc1SC.[Bi+3].[Bi+3].[Br-].[Br-].[Br-].[Br-].[Br-].[Br-]. The van der Waals surface area contributed by atoms with Crippen molar-refractivity contribution in [3.63, 3.8) is 0 Å². The molecule has 50 heavy (non-hydrogen) atoms. The number of hydrogen-bond acceptors (Lipinski definition) is 6. The molecule has 0 atom stereocenters. The Balaban J connectivity index is -0.000000844. The molecule has 0 nitrogen and oxygen atoms in total. The molecule has 0 spiro atoms. The van der Waals surface area contributed by atoms with Crippen molar-refractivity contribution >= 4 is 123 Å². The predicted octanol–water partition coefficient (Wildman–Crippen LogP) is -8.52. The Kier molecular flexibility index (Phi) is 41.2. The second-order valence-corrected chi connectivity index (χ2v) is 13.8. The first-order valence-corrected chi connectivity index (χ1v) is 20.2. The molecule has 0 amide bonds. The summed E-state index contributed by atoms with van der Waals surface area (Å²) in [6, 6.07) is 25.4. The zero-order valence-corrected chi connectivity index (χ0v) is 48.9. The summed E-state index contributed by atoms with van der Waals surface area (Å²) in [6.45, 7) is 0. The van der Waals surface area contributed by atoms with Gasteiger partial charge in [0.05, 0.1) is 0 Å². The van der Waals surface area contributed by atoms with Crippen molar-refractivity contribution in [1.82, 2.24) is 0 Å². The average Bonchev–Trinajstić information content (AvgIpc) is 3.04. The molecule has 0 aromatic heterocycles. The fourth-order valence-electron chi connectivity index (χ4n) is 4.02. The third-order valence-corrected chi connectivity index (χ3v) is 11.2. The molecule has 0 unspecified atom stereocenters. The normalized spacial score (nSPS) is 8.52. The Bertz CT molecular complexity index is 1590. The van der Waals surface area contributed by atoms with Gasteiger partial charge in [-0.25, -0.2) is 0 Å². The van der Waals surface area contributed by atoms with E-state index in [1.54, 1.807) is 70.6 Å². The maximum atomic E-state index is 3.38. The van der Waals surface area contributed by atoms with Gasteiger partial charge >= 0.3 is 52.4 Å². The molecule has 0 aliphatic carbocycles. The number of benzene rings is 4. The molecule has 0 fully saturated rings. The Morgan fingerprint density at radius 1 is 0.280 bits per heavy atom. The van der Waals surface area contributed by atoms with E-state index >= 15 is 0 Å². The number of halogens is 6. The summed E-state index contributed by atoms with van der Waals surface area (Å²) in [6.07, 6.45) is 12.6. The fourth-order valence-corrected chi connectivity index (χ4v) is 8.45. The molecule has 4 aromatic carbocycles. The van der Waals surface area contributed by atoms with E-state index in [4.69, 9.17) is 0 Å². The summed E-state index contributed by atoms with van der Waals surface area (Å²) in [5.41, 5.74) is 5.69. The molecule has 0 N–H and O–H groups in total. The van der Waals surface area contributed by atoms with Crippen molar-refractivity contribution in [2.45, 2.75) is 29.4 Å². The molecule has 0 saturated carbocycles. The van der Waals surface area contributed by atoms with Crippen LogP contribution in [-0.2, 0) is 0 Å². The monoisotopic (exact) mass is 1550 g/mol. The minimum Gasteiger partial charge on any atom is -1.00 e. The van der Waals surface area contributed by atoms with Gasteiger partial charge in [0.2, 0.25) is 0 Å². The van der Waals surface area contributed by atoms with Crippen molar-refractivity contribution in [2.75, 3.05) is 37.5 Å². The Labute approximate surface area is 426 Å². The molecule has 4 radical (unpaired) electrons. The molecular weight excluding hydrogens is 1520 g/mol. The Morgan fingerprint density at radius 2 is 0.480 bits per heavy atom. The van der Waals surface area contributed by atoms with Gasteiger partial charge in [-0.2, -0.15) is 0 Å². The molecule has 14 heteroatoms. The zero-order chi connectivity index (χ0) is 29.9. The second kappa shape index (κ2) is 33.4. The summed E-state index contributed by atoms with van der Waals surface area (Å²) in [5, 5.41) is 0. The first-order chi connectivity index (χ1) is 20.5. The molecule has 0 heterocycles. The van der Waals surface area contributed by atoms with Crippen molar-refractivity contribution in [2.24, 2.45) is 0 Å². The van der Waals surface area contributed by atoms with Crippen molar-refractivity contribution < 1.29 is 102 Å². The van der Waals surface area contributed by atoms with Crippen LogP contribution in [-0.4, -0.2) is 89.9 Å². The number of thioether (sulfide) groups is 6. The summed E-state index contributed by atoms with van der Waals surface area (Å²) >= 11 is 10.5. The van der Waals surface area contributed by atoms with E-state index in [1.165, 1.54) is 29.4 Å². The Hall–Kier alpha value is 2.31. The van der Waals surface area contributed by atoms with Crippen LogP contribution in [0.5, 0.6) is 0 Å². The van der Waals surface area contributed by atoms with Gasteiger partial charge in [0.15, 0.2) is 0 Å². The van der Waals surface area contributed by atoms with E-state index in [-0.39, 0.29) is 154 Å². The molecule has 0 saturated heterocycles. The molecule has 4 rings (SSSR count). The fraction of sp³-hybridized carbons (Fsp3) is 0.167. The van der Waals surface area contributed by atoms with Gasteiger partial charge in [0, 0.05) is 62.8 Å². The van der Waals surface area contributed by atoms with Gasteiger partial charge in [-0.3, -0.25) is 0 Å². The van der Waals surface area contributed by atoms with Crippen molar-refractivity contribution in [3.8, 4) is 35.5 Å². The molecule has 0 aliphatic rings. The van der Waals surface area contributed by atoms with Crippen molar-refractivity contribution in [1.29, 1.82) is 0 Å². The van der Waals surface area contributed by atoms with Crippen LogP contribution >= 0.6 is 70.6 Å². The summed E-state index contributed by atoms with van der Waals surface area (Å²) in [5.74, 6) is 20.2. The minimum absolute atomic E-state index is 0.